The summed E-state index contributed by atoms with van der Waals surface area (Å²) in [6.07, 6.45) is 1.74. The molecule has 1 aromatic heterocycles. The summed E-state index contributed by atoms with van der Waals surface area (Å²) in [5.41, 5.74) is 0. The second kappa shape index (κ2) is 5.86. The van der Waals surface area contributed by atoms with Crippen LogP contribution in [0.15, 0.2) is 21.8 Å². The van der Waals surface area contributed by atoms with Crippen LogP contribution in [0.5, 0.6) is 0 Å². The zero-order chi connectivity index (χ0) is 9.68. The van der Waals surface area contributed by atoms with Gasteiger partial charge in [-0.15, -0.1) is 11.8 Å². The lowest BCUT2D eigenvalue weighted by Gasteiger charge is -2.02. The molecule has 1 rings (SSSR count). The van der Waals surface area contributed by atoms with E-state index in [9.17, 15) is 0 Å². The van der Waals surface area contributed by atoms with Gasteiger partial charge in [0.05, 0.1) is 11.6 Å². The number of nitrogens with zero attached hydrogens (tertiary/aromatic N) is 1. The second-order valence-electron chi connectivity index (χ2n) is 2.28. The van der Waals surface area contributed by atoms with Crippen molar-refractivity contribution >= 4 is 39.3 Å². The molecule has 0 N–H and O–H groups in total. The van der Waals surface area contributed by atoms with Crippen LogP contribution in [0.25, 0.3) is 0 Å². The highest BCUT2D eigenvalue weighted by Crippen LogP contribution is 2.26. The Morgan fingerprint density at radius 2 is 2.46 bits per heavy atom. The maximum absolute atomic E-state index is 5.95. The van der Waals surface area contributed by atoms with E-state index < -0.39 is 0 Å². The quantitative estimate of drug-likeness (QED) is 0.625. The van der Waals surface area contributed by atoms with Gasteiger partial charge in [-0.3, -0.25) is 0 Å². The molecule has 0 saturated heterocycles. The Balaban J connectivity index is 2.56. The van der Waals surface area contributed by atoms with Gasteiger partial charge in [-0.05, 0) is 22.0 Å². The lowest BCUT2D eigenvalue weighted by Crippen LogP contribution is -1.92. The minimum absolute atomic E-state index is 0.676. The van der Waals surface area contributed by atoms with E-state index in [0.717, 1.165) is 15.3 Å². The Morgan fingerprint density at radius 1 is 1.69 bits per heavy atom. The third kappa shape index (κ3) is 3.85. The minimum Gasteiger partial charge on any atom is -0.384 e. The SMILES string of the molecule is COCCSc1ncc(Br)cc1Cl. The van der Waals surface area contributed by atoms with Crippen LogP contribution in [0.3, 0.4) is 0 Å². The van der Waals surface area contributed by atoms with Crippen LogP contribution in [-0.4, -0.2) is 24.5 Å². The summed E-state index contributed by atoms with van der Waals surface area (Å²) in [4.78, 5) is 4.18. The van der Waals surface area contributed by atoms with Gasteiger partial charge >= 0.3 is 0 Å². The van der Waals surface area contributed by atoms with Gasteiger partial charge in [-0.2, -0.15) is 0 Å². The molecular formula is C8H9BrClNOS. The molecule has 13 heavy (non-hydrogen) atoms. The summed E-state index contributed by atoms with van der Waals surface area (Å²) >= 11 is 10.8. The molecular weight excluding hydrogens is 274 g/mol. The van der Waals surface area contributed by atoms with E-state index in [1.807, 2.05) is 6.07 Å². The summed E-state index contributed by atoms with van der Waals surface area (Å²) in [6, 6.07) is 1.84. The molecule has 0 unspecified atom stereocenters. The molecule has 0 atom stereocenters. The summed E-state index contributed by atoms with van der Waals surface area (Å²) in [5, 5.41) is 1.53. The van der Waals surface area contributed by atoms with Gasteiger partial charge in [0.15, 0.2) is 0 Å². The molecule has 1 aromatic rings. The van der Waals surface area contributed by atoms with Gasteiger partial charge in [0, 0.05) is 23.5 Å². The fraction of sp³-hybridized carbons (Fsp3) is 0.375. The molecule has 1 heterocycles. The van der Waals surface area contributed by atoms with E-state index >= 15 is 0 Å². The fourth-order valence-corrected chi connectivity index (χ4v) is 2.29. The number of ether oxygens (including phenoxy) is 1. The minimum atomic E-state index is 0.676. The first-order valence-electron chi connectivity index (χ1n) is 3.67. The number of methoxy groups -OCH3 is 1. The molecule has 0 bridgehead atoms. The number of aromatic nitrogens is 1. The van der Waals surface area contributed by atoms with Crippen LogP contribution in [0.4, 0.5) is 0 Å². The van der Waals surface area contributed by atoms with Crippen LogP contribution < -0.4 is 0 Å². The van der Waals surface area contributed by atoms with Crippen molar-refractivity contribution in [1.82, 2.24) is 4.98 Å². The van der Waals surface area contributed by atoms with Crippen molar-refractivity contribution < 1.29 is 4.74 Å². The molecule has 0 spiro atoms. The van der Waals surface area contributed by atoms with Crippen molar-refractivity contribution in [2.45, 2.75) is 5.03 Å². The lowest BCUT2D eigenvalue weighted by molar-refractivity contribution is 0.218. The molecule has 0 aliphatic carbocycles. The maximum Gasteiger partial charge on any atom is 0.115 e. The van der Waals surface area contributed by atoms with Gasteiger partial charge in [-0.25, -0.2) is 4.98 Å². The average Bonchev–Trinajstić information content (AvgIpc) is 2.09. The number of rotatable bonds is 4. The highest BCUT2D eigenvalue weighted by atomic mass is 79.9. The van der Waals surface area contributed by atoms with E-state index in [-0.39, 0.29) is 0 Å². The Hall–Kier alpha value is 0.230. The van der Waals surface area contributed by atoms with E-state index in [0.29, 0.717) is 11.6 Å². The van der Waals surface area contributed by atoms with Gasteiger partial charge in [0.2, 0.25) is 0 Å². The highest BCUT2D eigenvalue weighted by molar-refractivity contribution is 9.10. The standard InChI is InChI=1S/C8H9BrClNOS/c1-12-2-3-13-8-7(10)4-6(9)5-11-8/h4-5H,2-3H2,1H3. The van der Waals surface area contributed by atoms with E-state index in [2.05, 4.69) is 20.9 Å². The zero-order valence-corrected chi connectivity index (χ0v) is 10.2. The lowest BCUT2D eigenvalue weighted by atomic mass is 10.5. The smallest absolute Gasteiger partial charge is 0.115 e. The third-order valence-electron chi connectivity index (χ3n) is 1.30. The van der Waals surface area contributed by atoms with Crippen LogP contribution in [0.1, 0.15) is 0 Å². The first-order chi connectivity index (χ1) is 6.24. The summed E-state index contributed by atoms with van der Waals surface area (Å²) in [7, 11) is 1.68. The molecule has 0 radical (unpaired) electrons. The van der Waals surface area contributed by atoms with E-state index in [4.69, 9.17) is 16.3 Å². The van der Waals surface area contributed by atoms with Crippen LogP contribution in [0, 0.1) is 0 Å². The predicted octanol–water partition coefficient (Wildman–Crippen LogP) is 3.24. The topological polar surface area (TPSA) is 22.1 Å². The first kappa shape index (κ1) is 11.3. The zero-order valence-electron chi connectivity index (χ0n) is 7.09. The van der Waals surface area contributed by atoms with Gasteiger partial charge < -0.3 is 4.74 Å². The summed E-state index contributed by atoms with van der Waals surface area (Å²) in [5.74, 6) is 0.866. The highest BCUT2D eigenvalue weighted by Gasteiger charge is 2.02. The molecule has 5 heteroatoms. The fourth-order valence-electron chi connectivity index (χ4n) is 0.730. The monoisotopic (exact) mass is 281 g/mol. The molecule has 72 valence electrons. The molecule has 0 saturated carbocycles. The van der Waals surface area contributed by atoms with Crippen molar-refractivity contribution in [1.29, 1.82) is 0 Å². The van der Waals surface area contributed by atoms with Crippen LogP contribution >= 0.6 is 39.3 Å². The maximum atomic E-state index is 5.95. The Bertz CT molecular complexity index is 285. The van der Waals surface area contributed by atoms with Gasteiger partial charge in [0.1, 0.15) is 5.03 Å². The molecule has 0 aliphatic heterocycles. The molecule has 0 aromatic carbocycles. The molecule has 0 aliphatic rings. The number of halogens is 2. The molecule has 0 amide bonds. The van der Waals surface area contributed by atoms with Crippen molar-refractivity contribution in [3.05, 3.63) is 21.8 Å². The summed E-state index contributed by atoms with van der Waals surface area (Å²) in [6.45, 7) is 0.707. The normalized spacial score (nSPS) is 10.4. The Labute approximate surface area is 95.2 Å². The van der Waals surface area contributed by atoms with Crippen molar-refractivity contribution in [2.75, 3.05) is 19.5 Å². The Kier molecular flexibility index (Phi) is 5.09. The Morgan fingerprint density at radius 3 is 3.08 bits per heavy atom. The van der Waals surface area contributed by atoms with Gasteiger partial charge in [-0.1, -0.05) is 11.6 Å². The summed E-state index contributed by atoms with van der Waals surface area (Å²) < 4.78 is 5.82. The number of thioether (sulfide) groups is 1. The van der Waals surface area contributed by atoms with Crippen molar-refractivity contribution in [3.63, 3.8) is 0 Å². The first-order valence-corrected chi connectivity index (χ1v) is 5.82. The van der Waals surface area contributed by atoms with Crippen LogP contribution in [-0.2, 0) is 4.74 Å². The van der Waals surface area contributed by atoms with E-state index in [1.54, 1.807) is 25.1 Å². The molecule has 0 fully saturated rings. The van der Waals surface area contributed by atoms with Crippen molar-refractivity contribution in [2.24, 2.45) is 0 Å². The van der Waals surface area contributed by atoms with Crippen LogP contribution in [0.2, 0.25) is 5.02 Å². The molecule has 2 nitrogen and oxygen atoms in total. The van der Waals surface area contributed by atoms with Crippen molar-refractivity contribution in [3.8, 4) is 0 Å². The average molecular weight is 283 g/mol. The number of pyridine rings is 1. The van der Waals surface area contributed by atoms with E-state index in [1.165, 1.54) is 0 Å². The number of hydrogen-bond donors (Lipinski definition) is 0. The largest absolute Gasteiger partial charge is 0.384 e. The predicted molar refractivity (Wildman–Crippen MR) is 59.5 cm³/mol. The second-order valence-corrected chi connectivity index (χ2v) is 4.69. The third-order valence-corrected chi connectivity index (χ3v) is 3.10. The number of hydrogen-bond acceptors (Lipinski definition) is 3. The van der Waals surface area contributed by atoms with Gasteiger partial charge in [0.25, 0.3) is 0 Å².